The Labute approximate surface area is 142 Å². The highest BCUT2D eigenvalue weighted by atomic mass is 16.8. The van der Waals surface area contributed by atoms with Crippen molar-refractivity contribution in [3.8, 4) is 0 Å². The van der Waals surface area contributed by atoms with Gasteiger partial charge in [-0.15, -0.1) is 0 Å². The van der Waals surface area contributed by atoms with Crippen LogP contribution < -0.4 is 0 Å². The van der Waals surface area contributed by atoms with E-state index in [9.17, 15) is 25.0 Å². The van der Waals surface area contributed by atoms with E-state index in [0.29, 0.717) is 12.8 Å². The van der Waals surface area contributed by atoms with Gasteiger partial charge in [0.25, 0.3) is 11.4 Å². The molecule has 0 aliphatic carbocycles. The summed E-state index contributed by atoms with van der Waals surface area (Å²) in [5.41, 5.74) is -2.18. The summed E-state index contributed by atoms with van der Waals surface area (Å²) in [5, 5.41) is 21.9. The van der Waals surface area contributed by atoms with Gasteiger partial charge < -0.3 is 14.2 Å². The zero-order chi connectivity index (χ0) is 18.4. The predicted octanol–water partition coefficient (Wildman–Crippen LogP) is 2.34. The number of fused-ring (bicyclic) bond motifs is 2. The van der Waals surface area contributed by atoms with Gasteiger partial charge in [-0.1, -0.05) is 0 Å². The van der Waals surface area contributed by atoms with E-state index < -0.39 is 44.7 Å². The Kier molecular flexibility index (Phi) is 3.96. The van der Waals surface area contributed by atoms with Gasteiger partial charge in [-0.05, 0) is 20.3 Å². The maximum atomic E-state index is 12.4. The number of carbonyl (C=O) groups excluding carboxylic acids is 1. The number of nitrogens with zero attached hydrogens (tertiary/aromatic N) is 2. The van der Waals surface area contributed by atoms with Crippen molar-refractivity contribution in [3.05, 3.63) is 44.0 Å². The molecule has 0 N–H and O–H groups in total. The molecule has 3 rings (SSSR count). The second-order valence-corrected chi connectivity index (χ2v) is 6.52. The van der Waals surface area contributed by atoms with Crippen molar-refractivity contribution >= 4 is 17.3 Å². The molecule has 2 heterocycles. The number of esters is 1. The van der Waals surface area contributed by atoms with E-state index in [0.717, 1.165) is 18.2 Å². The second kappa shape index (κ2) is 5.74. The van der Waals surface area contributed by atoms with Crippen LogP contribution in [0.4, 0.5) is 11.4 Å². The molecule has 2 saturated heterocycles. The molecule has 25 heavy (non-hydrogen) atoms. The normalized spacial score (nSPS) is 30.7. The average Bonchev–Trinajstić information content (AvgIpc) is 2.81. The lowest BCUT2D eigenvalue weighted by Gasteiger charge is -2.39. The number of nitro benzene ring substituents is 2. The summed E-state index contributed by atoms with van der Waals surface area (Å²) in [6.45, 7) is 3.81. The fraction of sp³-hybridized carbons (Fsp3) is 0.533. The van der Waals surface area contributed by atoms with Crippen LogP contribution in [0.1, 0.15) is 37.0 Å². The average molecular weight is 352 g/mol. The van der Waals surface area contributed by atoms with Crippen molar-refractivity contribution < 1.29 is 28.9 Å². The van der Waals surface area contributed by atoms with Crippen molar-refractivity contribution in [2.45, 2.75) is 44.2 Å². The van der Waals surface area contributed by atoms with Crippen molar-refractivity contribution in [1.29, 1.82) is 0 Å². The molecule has 10 heteroatoms. The zero-order valence-electron chi connectivity index (χ0n) is 13.6. The molecule has 0 amide bonds. The van der Waals surface area contributed by atoms with Crippen LogP contribution in [0.15, 0.2) is 18.2 Å². The van der Waals surface area contributed by atoms with Gasteiger partial charge in [0.05, 0.1) is 28.1 Å². The number of nitro groups is 2. The van der Waals surface area contributed by atoms with Crippen LogP contribution in [-0.4, -0.2) is 39.9 Å². The van der Waals surface area contributed by atoms with Crippen LogP contribution in [0.25, 0.3) is 0 Å². The Morgan fingerprint density at radius 3 is 2.36 bits per heavy atom. The highest BCUT2D eigenvalue weighted by Gasteiger charge is 2.55. The van der Waals surface area contributed by atoms with Gasteiger partial charge in [0, 0.05) is 18.6 Å². The highest BCUT2D eigenvalue weighted by Crippen LogP contribution is 2.44. The lowest BCUT2D eigenvalue weighted by atomic mass is 9.92. The Hall–Kier alpha value is -2.59. The number of hydrogen-bond acceptors (Lipinski definition) is 8. The maximum absolute atomic E-state index is 12.4. The number of benzene rings is 1. The van der Waals surface area contributed by atoms with E-state index in [2.05, 4.69) is 0 Å². The molecule has 1 aromatic rings. The molecular formula is C15H16N2O8. The van der Waals surface area contributed by atoms with Gasteiger partial charge >= 0.3 is 5.97 Å². The molecular weight excluding hydrogens is 336 g/mol. The first-order valence-corrected chi connectivity index (χ1v) is 7.61. The summed E-state index contributed by atoms with van der Waals surface area (Å²) in [7, 11) is 0. The second-order valence-electron chi connectivity index (χ2n) is 6.52. The Morgan fingerprint density at radius 1 is 1.20 bits per heavy atom. The molecule has 0 unspecified atom stereocenters. The Morgan fingerprint density at radius 2 is 1.80 bits per heavy atom. The largest absolute Gasteiger partial charge is 0.456 e. The van der Waals surface area contributed by atoms with Gasteiger partial charge in [-0.2, -0.15) is 0 Å². The zero-order valence-corrected chi connectivity index (χ0v) is 13.6. The molecule has 2 aliphatic rings. The van der Waals surface area contributed by atoms with Gasteiger partial charge in [-0.3, -0.25) is 20.2 Å². The van der Waals surface area contributed by atoms with E-state index in [1.165, 1.54) is 0 Å². The van der Waals surface area contributed by atoms with Gasteiger partial charge in [0.1, 0.15) is 11.7 Å². The first-order valence-electron chi connectivity index (χ1n) is 7.61. The van der Waals surface area contributed by atoms with Gasteiger partial charge in [0.2, 0.25) is 0 Å². The third-order valence-electron chi connectivity index (χ3n) is 4.46. The number of hydrogen-bond donors (Lipinski definition) is 0. The monoisotopic (exact) mass is 352 g/mol. The summed E-state index contributed by atoms with van der Waals surface area (Å²) < 4.78 is 16.9. The summed E-state index contributed by atoms with van der Waals surface area (Å²) in [6, 6.07) is 2.70. The minimum atomic E-state index is -0.878. The summed E-state index contributed by atoms with van der Waals surface area (Å²) in [4.78, 5) is 32.6. The van der Waals surface area contributed by atoms with Crippen LogP contribution in [0.5, 0.6) is 0 Å². The SMILES string of the molecule is C[C@@]12CC[C@H](OC(=O)c3cc([N+](=O)[O-])cc([N+](=O)[O-])c3)[C@@](C)(CO1)O2. The number of carbonyl (C=O) groups is 1. The first kappa shape index (κ1) is 17.2. The number of non-ortho nitro benzene ring substituents is 2. The van der Waals surface area contributed by atoms with Crippen molar-refractivity contribution in [1.82, 2.24) is 0 Å². The van der Waals surface area contributed by atoms with Crippen molar-refractivity contribution in [2.24, 2.45) is 0 Å². The molecule has 0 radical (unpaired) electrons. The van der Waals surface area contributed by atoms with Crippen molar-refractivity contribution in [2.75, 3.05) is 6.61 Å². The third kappa shape index (κ3) is 3.17. The number of rotatable bonds is 4. The van der Waals surface area contributed by atoms with E-state index in [4.69, 9.17) is 14.2 Å². The molecule has 134 valence electrons. The van der Waals surface area contributed by atoms with Crippen LogP contribution in [0.2, 0.25) is 0 Å². The molecule has 2 bridgehead atoms. The van der Waals surface area contributed by atoms with Crippen LogP contribution in [0.3, 0.4) is 0 Å². The van der Waals surface area contributed by atoms with Crippen molar-refractivity contribution in [3.63, 3.8) is 0 Å². The fourth-order valence-electron chi connectivity index (χ4n) is 3.13. The smallest absolute Gasteiger partial charge is 0.339 e. The van der Waals surface area contributed by atoms with E-state index in [1.807, 2.05) is 0 Å². The number of ether oxygens (including phenoxy) is 3. The summed E-state index contributed by atoms with van der Waals surface area (Å²) in [5.74, 6) is -1.58. The lowest BCUT2D eigenvalue weighted by molar-refractivity contribution is -0.394. The van der Waals surface area contributed by atoms with Crippen LogP contribution >= 0.6 is 0 Å². The first-order chi connectivity index (χ1) is 11.6. The lowest BCUT2D eigenvalue weighted by Crippen LogP contribution is -2.50. The van der Waals surface area contributed by atoms with Gasteiger partial charge in [-0.25, -0.2) is 4.79 Å². The highest BCUT2D eigenvalue weighted by molar-refractivity contribution is 5.91. The minimum Gasteiger partial charge on any atom is -0.456 e. The third-order valence-corrected chi connectivity index (χ3v) is 4.46. The summed E-state index contributed by atoms with van der Waals surface area (Å²) >= 11 is 0. The molecule has 10 nitrogen and oxygen atoms in total. The Bertz CT molecular complexity index is 734. The van der Waals surface area contributed by atoms with Gasteiger partial charge in [0.15, 0.2) is 5.79 Å². The minimum absolute atomic E-state index is 0.247. The molecule has 1 aromatic carbocycles. The molecule has 2 fully saturated rings. The topological polar surface area (TPSA) is 131 Å². The molecule has 0 aromatic heterocycles. The standard InChI is InChI=1S/C15H16N2O8/c1-14-8-23-15(2,25-14)4-3-12(14)24-13(18)9-5-10(16(19)20)7-11(6-9)17(21)22/h5-7,12H,3-4,8H2,1-2H3/t12-,14+,15+/m0/s1. The van der Waals surface area contributed by atoms with E-state index >= 15 is 0 Å². The summed E-state index contributed by atoms with van der Waals surface area (Å²) in [6.07, 6.45) is 0.402. The quantitative estimate of drug-likeness (QED) is 0.458. The van der Waals surface area contributed by atoms with E-state index in [1.54, 1.807) is 13.8 Å². The van der Waals surface area contributed by atoms with E-state index in [-0.39, 0.29) is 12.2 Å². The Balaban J connectivity index is 1.84. The molecule has 0 spiro atoms. The molecule has 2 aliphatic heterocycles. The maximum Gasteiger partial charge on any atom is 0.339 e. The molecule has 0 saturated carbocycles. The molecule has 3 atom stereocenters. The fourth-order valence-corrected chi connectivity index (χ4v) is 3.13. The predicted molar refractivity (Wildman–Crippen MR) is 82.0 cm³/mol. The van der Waals surface area contributed by atoms with Crippen LogP contribution in [-0.2, 0) is 14.2 Å². The van der Waals surface area contributed by atoms with Crippen LogP contribution in [0, 0.1) is 20.2 Å².